The third-order valence-electron chi connectivity index (χ3n) is 2.26. The van der Waals surface area contributed by atoms with E-state index in [0.29, 0.717) is 17.1 Å². The normalized spacial score (nSPS) is 12.6. The van der Waals surface area contributed by atoms with Crippen LogP contribution in [0, 0.1) is 12.8 Å². The van der Waals surface area contributed by atoms with Crippen LogP contribution in [0.1, 0.15) is 22.8 Å². The Morgan fingerprint density at radius 2 is 2.21 bits per heavy atom. The molecule has 1 aromatic carbocycles. The molecule has 0 aliphatic rings. The summed E-state index contributed by atoms with van der Waals surface area (Å²) in [5, 5.41) is 0.625. The zero-order chi connectivity index (χ0) is 10.7. The predicted molar refractivity (Wildman–Crippen MR) is 58.7 cm³/mol. The van der Waals surface area contributed by atoms with E-state index in [1.54, 1.807) is 12.1 Å². The number of nitrogens with two attached hydrogens (primary N) is 1. The van der Waals surface area contributed by atoms with Gasteiger partial charge in [-0.25, -0.2) is 0 Å². The number of halogens is 1. The summed E-state index contributed by atoms with van der Waals surface area (Å²) in [4.78, 5) is 11.7. The van der Waals surface area contributed by atoms with Gasteiger partial charge in [0, 0.05) is 23.0 Å². The molecule has 0 amide bonds. The first-order chi connectivity index (χ1) is 6.56. The first kappa shape index (κ1) is 11.2. The smallest absolute Gasteiger partial charge is 0.166 e. The van der Waals surface area contributed by atoms with Crippen molar-refractivity contribution in [2.75, 3.05) is 6.54 Å². The predicted octanol–water partition coefficient (Wildman–Crippen LogP) is 2.43. The number of benzene rings is 1. The zero-order valence-electron chi connectivity index (χ0n) is 8.38. The fourth-order valence-corrected chi connectivity index (χ4v) is 1.32. The first-order valence-corrected chi connectivity index (χ1v) is 4.94. The van der Waals surface area contributed by atoms with E-state index in [1.165, 1.54) is 0 Å². The monoisotopic (exact) mass is 211 g/mol. The molecule has 1 unspecified atom stereocenters. The van der Waals surface area contributed by atoms with E-state index >= 15 is 0 Å². The van der Waals surface area contributed by atoms with Crippen LogP contribution in [0.3, 0.4) is 0 Å². The second kappa shape index (κ2) is 4.58. The van der Waals surface area contributed by atoms with Crippen LogP contribution in [0.5, 0.6) is 0 Å². The van der Waals surface area contributed by atoms with Crippen LogP contribution in [0.15, 0.2) is 18.2 Å². The average molecular weight is 212 g/mol. The third-order valence-corrected chi connectivity index (χ3v) is 2.66. The molecular weight excluding hydrogens is 198 g/mol. The number of aryl methyl sites for hydroxylation is 1. The van der Waals surface area contributed by atoms with E-state index in [9.17, 15) is 4.79 Å². The van der Waals surface area contributed by atoms with Crippen LogP contribution in [-0.2, 0) is 0 Å². The van der Waals surface area contributed by atoms with E-state index in [4.69, 9.17) is 17.3 Å². The molecule has 1 atom stereocenters. The van der Waals surface area contributed by atoms with E-state index < -0.39 is 0 Å². The Hall–Kier alpha value is -0.860. The highest BCUT2D eigenvalue weighted by atomic mass is 35.5. The number of Topliss-reactive ketones (excluding diaryl/α,β-unsaturated/α-hetero) is 1. The first-order valence-electron chi connectivity index (χ1n) is 4.56. The molecule has 0 aliphatic heterocycles. The standard InChI is InChI=1S/C11H14ClNO/c1-7-3-4-9(5-10(7)12)11(14)8(2)6-13/h3-5,8H,6,13H2,1-2H3. The Kier molecular flexibility index (Phi) is 3.67. The van der Waals surface area contributed by atoms with E-state index in [2.05, 4.69) is 0 Å². The minimum absolute atomic E-state index is 0.0504. The van der Waals surface area contributed by atoms with Gasteiger partial charge in [0.1, 0.15) is 0 Å². The second-order valence-corrected chi connectivity index (χ2v) is 3.87. The lowest BCUT2D eigenvalue weighted by Crippen LogP contribution is -2.20. The Morgan fingerprint density at radius 3 is 2.71 bits per heavy atom. The van der Waals surface area contributed by atoms with Crippen molar-refractivity contribution in [2.24, 2.45) is 11.7 Å². The lowest BCUT2D eigenvalue weighted by molar-refractivity contribution is 0.0934. The van der Waals surface area contributed by atoms with Crippen molar-refractivity contribution >= 4 is 17.4 Å². The van der Waals surface area contributed by atoms with Gasteiger partial charge in [0.05, 0.1) is 0 Å². The quantitative estimate of drug-likeness (QED) is 0.781. The molecule has 2 nitrogen and oxygen atoms in total. The van der Waals surface area contributed by atoms with Crippen molar-refractivity contribution in [2.45, 2.75) is 13.8 Å². The molecule has 0 bridgehead atoms. The summed E-state index contributed by atoms with van der Waals surface area (Å²) in [6.45, 7) is 4.09. The average Bonchev–Trinajstić information content (AvgIpc) is 2.20. The van der Waals surface area contributed by atoms with Crippen molar-refractivity contribution in [1.82, 2.24) is 0 Å². The third kappa shape index (κ3) is 2.34. The van der Waals surface area contributed by atoms with Crippen LogP contribution >= 0.6 is 11.6 Å². The SMILES string of the molecule is Cc1ccc(C(=O)C(C)CN)cc1Cl. The molecule has 0 fully saturated rings. The van der Waals surface area contributed by atoms with Gasteiger partial charge >= 0.3 is 0 Å². The van der Waals surface area contributed by atoms with Crippen LogP contribution < -0.4 is 5.73 Å². The van der Waals surface area contributed by atoms with Gasteiger partial charge in [-0.1, -0.05) is 30.7 Å². The number of carbonyl (C=O) groups excluding carboxylic acids is 1. The number of hydrogen-bond donors (Lipinski definition) is 1. The van der Waals surface area contributed by atoms with Gasteiger partial charge in [-0.2, -0.15) is 0 Å². The van der Waals surface area contributed by atoms with Crippen LogP contribution in [0.25, 0.3) is 0 Å². The number of hydrogen-bond acceptors (Lipinski definition) is 2. The fourth-order valence-electron chi connectivity index (χ4n) is 1.14. The number of carbonyl (C=O) groups is 1. The van der Waals surface area contributed by atoms with Gasteiger partial charge in [0.25, 0.3) is 0 Å². The molecule has 2 N–H and O–H groups in total. The maximum absolute atomic E-state index is 11.7. The van der Waals surface area contributed by atoms with Crippen LogP contribution in [0.4, 0.5) is 0 Å². The van der Waals surface area contributed by atoms with Gasteiger partial charge in [-0.05, 0) is 18.6 Å². The molecule has 76 valence electrons. The fraction of sp³-hybridized carbons (Fsp3) is 0.364. The maximum Gasteiger partial charge on any atom is 0.166 e. The van der Waals surface area contributed by atoms with Crippen LogP contribution in [-0.4, -0.2) is 12.3 Å². The molecule has 1 rings (SSSR count). The maximum atomic E-state index is 11.7. The van der Waals surface area contributed by atoms with Gasteiger partial charge < -0.3 is 5.73 Å². The lowest BCUT2D eigenvalue weighted by Gasteiger charge is -2.08. The molecule has 0 aromatic heterocycles. The van der Waals surface area contributed by atoms with Crippen molar-refractivity contribution < 1.29 is 4.79 Å². The molecule has 0 aliphatic carbocycles. The summed E-state index contributed by atoms with van der Waals surface area (Å²) < 4.78 is 0. The summed E-state index contributed by atoms with van der Waals surface area (Å²) in [6, 6.07) is 5.33. The zero-order valence-corrected chi connectivity index (χ0v) is 9.14. The largest absolute Gasteiger partial charge is 0.330 e. The van der Waals surface area contributed by atoms with Gasteiger partial charge in [0.2, 0.25) is 0 Å². The second-order valence-electron chi connectivity index (χ2n) is 3.46. The van der Waals surface area contributed by atoms with Crippen LogP contribution in [0.2, 0.25) is 5.02 Å². The summed E-state index contributed by atoms with van der Waals surface area (Å²) in [5.74, 6) is -0.0943. The Labute approximate surface area is 89.1 Å². The van der Waals surface area contributed by atoms with E-state index in [1.807, 2.05) is 19.9 Å². The molecular formula is C11H14ClNO. The Morgan fingerprint density at radius 1 is 1.57 bits per heavy atom. The number of ketones is 1. The molecule has 0 saturated heterocycles. The summed E-state index contributed by atoms with van der Waals surface area (Å²) in [6.07, 6.45) is 0. The highest BCUT2D eigenvalue weighted by Crippen LogP contribution is 2.18. The molecule has 14 heavy (non-hydrogen) atoms. The molecule has 3 heteroatoms. The van der Waals surface area contributed by atoms with Crippen molar-refractivity contribution in [3.05, 3.63) is 34.3 Å². The van der Waals surface area contributed by atoms with Crippen molar-refractivity contribution in [3.63, 3.8) is 0 Å². The number of rotatable bonds is 3. The summed E-state index contributed by atoms with van der Waals surface area (Å²) in [7, 11) is 0. The van der Waals surface area contributed by atoms with E-state index in [0.717, 1.165) is 5.56 Å². The Bertz CT molecular complexity index is 349. The molecule has 0 radical (unpaired) electrons. The topological polar surface area (TPSA) is 43.1 Å². The van der Waals surface area contributed by atoms with Gasteiger partial charge in [0.15, 0.2) is 5.78 Å². The van der Waals surface area contributed by atoms with Crippen molar-refractivity contribution in [3.8, 4) is 0 Å². The molecule has 0 heterocycles. The molecule has 1 aromatic rings. The summed E-state index contributed by atoms with van der Waals surface area (Å²) in [5.41, 5.74) is 7.04. The highest BCUT2D eigenvalue weighted by molar-refractivity contribution is 6.31. The minimum atomic E-state index is -0.145. The Balaban J connectivity index is 2.97. The molecule has 0 spiro atoms. The lowest BCUT2D eigenvalue weighted by atomic mass is 9.99. The van der Waals surface area contributed by atoms with Gasteiger partial charge in [-0.15, -0.1) is 0 Å². The highest BCUT2D eigenvalue weighted by Gasteiger charge is 2.13. The van der Waals surface area contributed by atoms with Crippen molar-refractivity contribution in [1.29, 1.82) is 0 Å². The van der Waals surface area contributed by atoms with Gasteiger partial charge in [-0.3, -0.25) is 4.79 Å². The minimum Gasteiger partial charge on any atom is -0.330 e. The van der Waals surface area contributed by atoms with E-state index in [-0.39, 0.29) is 11.7 Å². The molecule has 0 saturated carbocycles. The summed E-state index contributed by atoms with van der Waals surface area (Å²) >= 11 is 5.92.